The zero-order valence-corrected chi connectivity index (χ0v) is 75.7. The molecule has 7 aromatic carbocycles. The number of para-hydroxylation sites is 1. The molecule has 0 aliphatic heterocycles. The third kappa shape index (κ3) is 18.8. The van der Waals surface area contributed by atoms with Crippen molar-refractivity contribution >= 4 is 90.2 Å². The molecule has 0 atom stereocenters. The summed E-state index contributed by atoms with van der Waals surface area (Å²) in [6.45, 7) is 4.52. The first-order valence-electron chi connectivity index (χ1n) is 41.0. The number of aromatic nitrogens is 6. The SMILES string of the molecule is CC(C)c1cnc(-c2[c-]c3c(nc2)oc2c(-c4ccccc4)cccc23)cc1CC1CCCC1.[CH3][Ge]([CH3])([CH3])[c]1cnc(-c2[c-]cccc2)cc1CC1CCCC1.[CH3][Ge]([CH3])([CH3])[c]1cnc(-c2[c-]cccc2)cc1CC1CCCC1.[Ir].[Ir].[c-]1c(-c2nccc3c2CCCC3)ccc2oc3nc(-c4cccc5ccccc45)ccc3c12. The molecule has 0 bridgehead atoms. The Kier molecular flexibility index (Phi) is 26.4. The number of nitrogens with zero attached hydrogens (tertiary/aromatic N) is 6. The minimum atomic E-state index is -1.87. The smallest absolute Gasteiger partial charge is 0.183 e. The van der Waals surface area contributed by atoms with Crippen molar-refractivity contribution in [2.45, 2.75) is 176 Å². The van der Waals surface area contributed by atoms with Crippen molar-refractivity contribution in [3.8, 4) is 67.4 Å². The Labute approximate surface area is 701 Å². The van der Waals surface area contributed by atoms with Gasteiger partial charge >= 0.3 is 275 Å². The van der Waals surface area contributed by atoms with Crippen LogP contribution in [-0.2, 0) is 72.3 Å². The molecule has 12 heteroatoms. The number of hydrogen-bond acceptors (Lipinski definition) is 8. The van der Waals surface area contributed by atoms with Crippen molar-refractivity contribution in [2.75, 3.05) is 0 Å². The molecular weight excluding hydrogens is 1860 g/mol. The van der Waals surface area contributed by atoms with Gasteiger partial charge in [-0.2, -0.15) is 0 Å². The van der Waals surface area contributed by atoms with E-state index in [0.717, 1.165) is 137 Å². The van der Waals surface area contributed by atoms with Crippen LogP contribution < -0.4 is 8.79 Å². The van der Waals surface area contributed by atoms with Gasteiger partial charge in [-0.3, -0.25) is 9.97 Å². The Balaban J connectivity index is 0.000000127. The molecule has 8 heterocycles. The van der Waals surface area contributed by atoms with Crippen LogP contribution in [0, 0.1) is 42.0 Å². The second-order valence-electron chi connectivity index (χ2n) is 33.9. The maximum absolute atomic E-state index is 6.23. The Bertz CT molecular complexity index is 5630. The number of hydrogen-bond donors (Lipinski definition) is 0. The van der Waals surface area contributed by atoms with E-state index in [-0.39, 0.29) is 40.2 Å². The third-order valence-electron chi connectivity index (χ3n) is 23.6. The zero-order chi connectivity index (χ0) is 76.0. The molecule has 8 aromatic heterocycles. The van der Waals surface area contributed by atoms with E-state index in [1.54, 1.807) is 19.9 Å². The van der Waals surface area contributed by atoms with Gasteiger partial charge in [0.2, 0.25) is 0 Å². The molecule has 4 aliphatic carbocycles. The van der Waals surface area contributed by atoms with Gasteiger partial charge in [0.05, 0.1) is 11.3 Å². The van der Waals surface area contributed by atoms with Gasteiger partial charge in [0.1, 0.15) is 5.58 Å². The molecule has 8 nitrogen and oxygen atoms in total. The minimum Gasteiger partial charge on any atom is -0.482 e. The van der Waals surface area contributed by atoms with E-state index < -0.39 is 26.5 Å². The van der Waals surface area contributed by atoms with Crippen LogP contribution in [-0.4, -0.2) is 56.4 Å². The van der Waals surface area contributed by atoms with Crippen molar-refractivity contribution in [1.29, 1.82) is 0 Å². The number of benzene rings is 7. The molecule has 0 saturated heterocycles. The Morgan fingerprint density at radius 2 is 0.973 bits per heavy atom. The summed E-state index contributed by atoms with van der Waals surface area (Å²) >= 11 is -3.74. The van der Waals surface area contributed by atoms with Crippen LogP contribution in [0.1, 0.15) is 143 Å². The van der Waals surface area contributed by atoms with Crippen LogP contribution in [0.25, 0.3) is 122 Å². The fourth-order valence-corrected chi connectivity index (χ4v) is 24.5. The van der Waals surface area contributed by atoms with Crippen molar-refractivity contribution in [2.24, 2.45) is 17.8 Å². The normalized spacial score (nSPS) is 14.6. The molecule has 3 saturated carbocycles. The Morgan fingerprint density at radius 3 is 1.60 bits per heavy atom. The maximum atomic E-state index is 6.23. The summed E-state index contributed by atoms with van der Waals surface area (Å²) < 4.78 is 15.6. The first kappa shape index (κ1) is 81.3. The number of pyridine rings is 6. The van der Waals surface area contributed by atoms with Crippen molar-refractivity contribution in [1.82, 2.24) is 29.9 Å². The first-order chi connectivity index (χ1) is 54.1. The molecule has 113 heavy (non-hydrogen) atoms. The average Bonchev–Trinajstić information content (AvgIpc) is 1.62. The monoisotopic (exact) mass is 1960 g/mol. The van der Waals surface area contributed by atoms with E-state index in [1.807, 2.05) is 48.8 Å². The van der Waals surface area contributed by atoms with Gasteiger partial charge in [-0.1, -0.05) is 176 Å². The van der Waals surface area contributed by atoms with E-state index in [2.05, 4.69) is 248 Å². The topological polar surface area (TPSA) is 104 Å². The average molecular weight is 1960 g/mol. The molecule has 578 valence electrons. The summed E-state index contributed by atoms with van der Waals surface area (Å²) in [5.74, 6) is 17.9. The van der Waals surface area contributed by atoms with Crippen LogP contribution in [0.15, 0.2) is 228 Å². The molecule has 0 N–H and O–H groups in total. The number of fused-ring (bicyclic) bond motifs is 8. The second-order valence-corrected chi connectivity index (χ2v) is 55.1. The summed E-state index contributed by atoms with van der Waals surface area (Å²) in [5, 5.41) is 6.30. The van der Waals surface area contributed by atoms with Gasteiger partial charge in [0.25, 0.3) is 0 Å². The van der Waals surface area contributed by atoms with Crippen molar-refractivity contribution in [3.05, 3.63) is 277 Å². The molecule has 3 fully saturated rings. The van der Waals surface area contributed by atoms with Crippen LogP contribution in [0.5, 0.6) is 0 Å². The number of aryl methyl sites for hydroxylation is 1. The van der Waals surface area contributed by atoms with Gasteiger partial charge in [-0.05, 0) is 106 Å². The second kappa shape index (κ2) is 36.7. The summed E-state index contributed by atoms with van der Waals surface area (Å²) in [6, 6.07) is 79.0. The molecule has 0 unspecified atom stereocenters. The van der Waals surface area contributed by atoms with E-state index in [4.69, 9.17) is 33.8 Å². The van der Waals surface area contributed by atoms with Gasteiger partial charge in [0, 0.05) is 75.1 Å². The third-order valence-corrected chi connectivity index (χ3v) is 32.3. The summed E-state index contributed by atoms with van der Waals surface area (Å²) in [6.07, 6.45) is 35.3. The van der Waals surface area contributed by atoms with Crippen LogP contribution in [0.3, 0.4) is 0 Å². The molecule has 2 radical (unpaired) electrons. The van der Waals surface area contributed by atoms with Crippen molar-refractivity contribution in [3.63, 3.8) is 0 Å². The number of furan rings is 2. The summed E-state index contributed by atoms with van der Waals surface area (Å²) in [5.41, 5.74) is 24.3. The van der Waals surface area contributed by atoms with Crippen molar-refractivity contribution < 1.29 is 49.0 Å². The molecular formula is C101H102Ge2Ir2N6O2-4. The number of rotatable bonds is 15. The zero-order valence-electron chi connectivity index (χ0n) is 66.7. The van der Waals surface area contributed by atoms with Crippen LogP contribution >= 0.6 is 0 Å². The molecule has 0 spiro atoms. The Morgan fingerprint density at radius 1 is 0.425 bits per heavy atom. The van der Waals surface area contributed by atoms with E-state index in [0.29, 0.717) is 17.3 Å². The predicted molar refractivity (Wildman–Crippen MR) is 466 cm³/mol. The van der Waals surface area contributed by atoms with Gasteiger partial charge < -0.3 is 13.8 Å². The van der Waals surface area contributed by atoms with Gasteiger partial charge in [-0.25, -0.2) is 4.98 Å². The Hall–Kier alpha value is -8.32. The van der Waals surface area contributed by atoms with Gasteiger partial charge in [-0.15, -0.1) is 18.2 Å². The molecule has 0 amide bonds. The predicted octanol–water partition coefficient (Wildman–Crippen LogP) is 25.6. The van der Waals surface area contributed by atoms with Crippen LogP contribution in [0.2, 0.25) is 34.5 Å². The van der Waals surface area contributed by atoms with E-state index >= 15 is 0 Å². The standard InChI is InChI=1S/C31H29N2O.C30H21N2O.2C20H26GeN.2Ir/c1-20(2)28-19-32-29(17-23(28)15-21-9-6-7-10-21)24-16-27-26-14-8-13-25(22-11-4-3-5-12-22)30(26)34-31(27)33-18-24;1-3-9-22-19(6-1)8-5-11-24(22)27-14-13-25-26-18-21(12-15-28(26)33-30(25)32-27)29-23-10-4-2-7-20(23)16-17-31-29;2*1-21(2,3)19-15-22-20(17-11-5-4-6-12-17)14-18(19)13-16-9-7-8-10-16;;/h3-5,8,11-14,17-21H,6-7,9-10,15H2,1-2H3;1,3,5-6,8-9,11-17H,2,4,7,10H2;2*4-6,11,14-16H,7-10,13H2,1-3H3;;/q4*-1;;. The summed E-state index contributed by atoms with van der Waals surface area (Å²) in [4.78, 5) is 28.7. The summed E-state index contributed by atoms with van der Waals surface area (Å²) in [7, 11) is 0. The minimum absolute atomic E-state index is 0. The fourth-order valence-electron chi connectivity index (χ4n) is 17.8. The van der Waals surface area contributed by atoms with Crippen LogP contribution in [0.4, 0.5) is 0 Å². The fraction of sp³-hybridized carbons (Fsp3) is 0.307. The molecule has 4 aliphatic rings. The first-order valence-corrected chi connectivity index (χ1v) is 55.7. The maximum Gasteiger partial charge on any atom is 0.183 e. The molecule has 15 aromatic rings. The molecule has 19 rings (SSSR count). The van der Waals surface area contributed by atoms with E-state index in [9.17, 15) is 0 Å². The quantitative estimate of drug-likeness (QED) is 0.0739. The van der Waals surface area contributed by atoms with E-state index in [1.165, 1.54) is 136 Å². The largest absolute Gasteiger partial charge is 0.482 e. The van der Waals surface area contributed by atoms with Gasteiger partial charge in [0.15, 0.2) is 11.4 Å².